The molecule has 1 aliphatic heterocycles. The number of aliphatic hydroxyl groups excluding tert-OH is 2. The van der Waals surface area contributed by atoms with Gasteiger partial charge in [0.15, 0.2) is 52.1 Å². The normalized spacial score (nSPS) is 21.9. The van der Waals surface area contributed by atoms with Crippen LogP contribution in [0.3, 0.4) is 0 Å². The smallest absolute Gasteiger partial charge is 0.348 e. The van der Waals surface area contributed by atoms with Crippen LogP contribution >= 0.6 is 0 Å². The first-order valence-corrected chi connectivity index (χ1v) is 14.4. The number of carbonyl (C=O) groups is 4. The van der Waals surface area contributed by atoms with Crippen molar-refractivity contribution in [1.82, 2.24) is 0 Å². The summed E-state index contributed by atoms with van der Waals surface area (Å²) >= 11 is 0. The van der Waals surface area contributed by atoms with E-state index in [-0.39, 0.29) is 23.0 Å². The van der Waals surface area contributed by atoms with E-state index in [4.69, 9.17) is 4.74 Å². The number of allylic oxidation sites excluding steroid dienone is 4. The van der Waals surface area contributed by atoms with Crippen molar-refractivity contribution >= 4 is 40.5 Å². The molecule has 0 saturated carbocycles. The lowest BCUT2D eigenvalue weighted by molar-refractivity contribution is -0.145. The van der Waals surface area contributed by atoms with Crippen molar-refractivity contribution < 1.29 is 54.6 Å². The molecule has 0 amide bonds. The maximum Gasteiger partial charge on any atom is 0.348 e. The molecule has 6 N–H and O–H groups in total. The second kappa shape index (κ2) is 13.0. The van der Waals surface area contributed by atoms with Crippen molar-refractivity contribution in [3.63, 3.8) is 0 Å². The first-order chi connectivity index (χ1) is 21.6. The van der Waals surface area contributed by atoms with E-state index in [1.54, 1.807) is 13.0 Å². The zero-order valence-corrected chi connectivity index (χ0v) is 25.6. The molecule has 0 bridgehead atoms. The van der Waals surface area contributed by atoms with E-state index in [1.807, 2.05) is 19.9 Å². The van der Waals surface area contributed by atoms with Gasteiger partial charge in [0.2, 0.25) is 0 Å². The van der Waals surface area contributed by atoms with Gasteiger partial charge in [-0.3, -0.25) is 14.4 Å². The molecule has 11 nitrogen and oxygen atoms in total. The molecule has 0 fully saturated rings. The van der Waals surface area contributed by atoms with Gasteiger partial charge < -0.3 is 35.4 Å². The molecule has 240 valence electrons. The number of ketones is 3. The second-order valence-electron chi connectivity index (χ2n) is 11.3. The average Bonchev–Trinajstić information content (AvgIpc) is 3.38. The summed E-state index contributed by atoms with van der Waals surface area (Å²) < 4.78 is 5.25. The van der Waals surface area contributed by atoms with Gasteiger partial charge in [0, 0.05) is 23.1 Å². The van der Waals surface area contributed by atoms with Gasteiger partial charge in [0.1, 0.15) is 11.3 Å². The molecule has 2 aromatic carbocycles. The number of hydrogen-bond donors (Lipinski definition) is 6. The van der Waals surface area contributed by atoms with E-state index in [0.29, 0.717) is 5.56 Å². The number of carbonyl (C=O) groups excluding carboxylic acids is 4. The van der Waals surface area contributed by atoms with Crippen molar-refractivity contribution in [1.29, 1.82) is 0 Å². The molecule has 2 aromatic rings. The molecular weight excluding hydrogens is 596 g/mol. The maximum absolute atomic E-state index is 13.4. The number of hydrogen-bond acceptors (Lipinski definition) is 11. The van der Waals surface area contributed by atoms with Gasteiger partial charge in [-0.1, -0.05) is 50.1 Å². The summed E-state index contributed by atoms with van der Waals surface area (Å²) in [6.07, 6.45) is 3.83. The van der Waals surface area contributed by atoms with Gasteiger partial charge in [-0.05, 0) is 67.3 Å². The highest BCUT2D eigenvalue weighted by Gasteiger charge is 2.56. The van der Waals surface area contributed by atoms with Gasteiger partial charge in [-0.2, -0.15) is 0 Å². The van der Waals surface area contributed by atoms with Crippen molar-refractivity contribution in [3.05, 3.63) is 94.0 Å². The first-order valence-electron chi connectivity index (χ1n) is 14.4. The fourth-order valence-electron chi connectivity index (χ4n) is 5.30. The third-order valence-electron chi connectivity index (χ3n) is 7.96. The van der Waals surface area contributed by atoms with E-state index in [0.717, 1.165) is 31.1 Å². The number of ether oxygens (including phenoxy) is 1. The van der Waals surface area contributed by atoms with Crippen molar-refractivity contribution in [2.45, 2.75) is 52.2 Å². The molecule has 1 aliphatic carbocycles. The summed E-state index contributed by atoms with van der Waals surface area (Å²) in [4.78, 5) is 52.5. The molecule has 3 atom stereocenters. The van der Waals surface area contributed by atoms with Gasteiger partial charge in [-0.25, -0.2) is 4.79 Å². The minimum atomic E-state index is -2.93. The minimum absolute atomic E-state index is 0.0303. The van der Waals surface area contributed by atoms with Crippen LogP contribution in [-0.2, 0) is 23.9 Å². The SMILES string of the molecule is CC[C@@H](C)C=C(C)C=CC(=O)CC1=C(c2cc(O)c(O)cc2C2=C(O)C(=Cc3ccc(O)cc3)OC2=O)[C@](O)(C(C)=O)[C@H](O)C1=O. The summed E-state index contributed by atoms with van der Waals surface area (Å²) in [7, 11) is 0. The molecule has 0 radical (unpaired) electrons. The van der Waals surface area contributed by atoms with Crippen LogP contribution in [-0.4, -0.2) is 65.7 Å². The van der Waals surface area contributed by atoms with Gasteiger partial charge in [-0.15, -0.1) is 0 Å². The predicted molar refractivity (Wildman–Crippen MR) is 167 cm³/mol. The van der Waals surface area contributed by atoms with Crippen LogP contribution in [0.2, 0.25) is 0 Å². The quantitative estimate of drug-likeness (QED) is 0.0952. The summed E-state index contributed by atoms with van der Waals surface area (Å²) in [5.74, 6) is -6.40. The number of phenolic OH excluding ortho intramolecular Hbond substituents is 3. The van der Waals surface area contributed by atoms with Crippen molar-refractivity contribution in [2.24, 2.45) is 5.92 Å². The van der Waals surface area contributed by atoms with Gasteiger partial charge in [0.05, 0.1) is 0 Å². The molecule has 46 heavy (non-hydrogen) atoms. The molecular formula is C35H34O11. The molecule has 0 aromatic heterocycles. The first kappa shape index (κ1) is 33.6. The third-order valence-corrected chi connectivity index (χ3v) is 7.96. The molecule has 1 heterocycles. The third kappa shape index (κ3) is 6.28. The number of cyclic esters (lactones) is 1. The van der Waals surface area contributed by atoms with Crippen LogP contribution < -0.4 is 0 Å². The molecule has 11 heteroatoms. The Morgan fingerprint density at radius 1 is 0.978 bits per heavy atom. The number of Topliss-reactive ketones (excluding diaryl/α,β-unsaturated/α-hetero) is 2. The van der Waals surface area contributed by atoms with E-state index < -0.39 is 81.0 Å². The second-order valence-corrected chi connectivity index (χ2v) is 11.3. The summed E-state index contributed by atoms with van der Waals surface area (Å²) in [5, 5.41) is 64.0. The van der Waals surface area contributed by atoms with Crippen LogP contribution in [0.15, 0.2) is 77.3 Å². The zero-order valence-electron chi connectivity index (χ0n) is 25.6. The summed E-state index contributed by atoms with van der Waals surface area (Å²) in [6, 6.07) is 7.36. The number of phenols is 3. The number of aromatic hydroxyl groups is 3. The Kier molecular flexibility index (Phi) is 9.50. The fraction of sp³-hybridized carbons (Fsp3) is 0.257. The molecule has 0 spiro atoms. The largest absolute Gasteiger partial charge is 0.508 e. The molecule has 0 unspecified atom stereocenters. The van der Waals surface area contributed by atoms with Crippen molar-refractivity contribution in [2.75, 3.05) is 0 Å². The predicted octanol–water partition coefficient (Wildman–Crippen LogP) is 4.20. The fourth-order valence-corrected chi connectivity index (χ4v) is 5.30. The zero-order chi connectivity index (χ0) is 34.1. The highest BCUT2D eigenvalue weighted by Crippen LogP contribution is 2.48. The Morgan fingerprint density at radius 2 is 1.59 bits per heavy atom. The Labute approximate surface area is 264 Å². The molecule has 0 saturated heterocycles. The Balaban J connectivity index is 1.93. The maximum atomic E-state index is 13.4. The average molecular weight is 631 g/mol. The van der Waals surface area contributed by atoms with Gasteiger partial charge in [0.25, 0.3) is 0 Å². The topological polar surface area (TPSA) is 199 Å². The Morgan fingerprint density at radius 3 is 2.17 bits per heavy atom. The molecule has 4 rings (SSSR count). The number of aliphatic hydroxyl groups is 3. The van der Waals surface area contributed by atoms with Crippen LogP contribution in [0, 0.1) is 5.92 Å². The Bertz CT molecular complexity index is 1790. The monoisotopic (exact) mass is 630 g/mol. The minimum Gasteiger partial charge on any atom is -0.508 e. The van der Waals surface area contributed by atoms with E-state index in [2.05, 4.69) is 0 Å². The number of rotatable bonds is 10. The highest BCUT2D eigenvalue weighted by molar-refractivity contribution is 6.26. The summed E-state index contributed by atoms with van der Waals surface area (Å²) in [6.45, 7) is 6.70. The summed E-state index contributed by atoms with van der Waals surface area (Å²) in [5.41, 5.74) is -4.13. The van der Waals surface area contributed by atoms with E-state index in [9.17, 15) is 49.8 Å². The number of benzene rings is 2. The van der Waals surface area contributed by atoms with E-state index in [1.165, 1.54) is 36.4 Å². The molecule has 2 aliphatic rings. The highest BCUT2D eigenvalue weighted by atomic mass is 16.6. The number of esters is 1. The lowest BCUT2D eigenvalue weighted by Gasteiger charge is -2.28. The van der Waals surface area contributed by atoms with Crippen LogP contribution in [0.25, 0.3) is 17.2 Å². The lowest BCUT2D eigenvalue weighted by atomic mass is 9.81. The Hall–Kier alpha value is -5.26. The van der Waals surface area contributed by atoms with Gasteiger partial charge >= 0.3 is 5.97 Å². The standard InChI is InChI=1S/C35H34O11/c1-5-17(2)12-18(3)6-9-22(38)14-25-30(35(45,19(4)36)33(43)31(25)41)24-16-27(40)26(39)15-23(24)29-32(42)28(46-34(29)44)13-20-7-10-21(37)11-8-20/h6-13,15-17,33,37,39-40,42-43,45H,5,14H2,1-4H3/t17-,33-,35-/m1/s1. The van der Waals surface area contributed by atoms with Crippen LogP contribution in [0.4, 0.5) is 0 Å². The van der Waals surface area contributed by atoms with Crippen LogP contribution in [0.1, 0.15) is 57.2 Å². The van der Waals surface area contributed by atoms with E-state index >= 15 is 0 Å². The lowest BCUT2D eigenvalue weighted by Crippen LogP contribution is -2.48. The van der Waals surface area contributed by atoms with Crippen LogP contribution in [0.5, 0.6) is 17.2 Å². The van der Waals surface area contributed by atoms with Crippen molar-refractivity contribution in [3.8, 4) is 17.2 Å².